The Morgan fingerprint density at radius 1 is 1.03 bits per heavy atom. The molecule has 3 aromatic rings. The van der Waals surface area contributed by atoms with Gasteiger partial charge in [-0.15, -0.1) is 0 Å². The first kappa shape index (κ1) is 19.5. The van der Waals surface area contributed by atoms with Crippen LogP contribution in [0, 0.1) is 19.3 Å². The first-order chi connectivity index (χ1) is 14.6. The molecule has 0 unspecified atom stereocenters. The molecule has 1 saturated heterocycles. The summed E-state index contributed by atoms with van der Waals surface area (Å²) in [7, 11) is 0. The average Bonchev–Trinajstić information content (AvgIpc) is 3.04. The maximum atomic E-state index is 6.67. The van der Waals surface area contributed by atoms with Crippen molar-refractivity contribution in [1.29, 1.82) is 0 Å². The van der Waals surface area contributed by atoms with Gasteiger partial charge in [-0.25, -0.2) is 9.97 Å². The summed E-state index contributed by atoms with van der Waals surface area (Å²) in [5, 5.41) is 0.931. The van der Waals surface area contributed by atoms with E-state index in [0.717, 1.165) is 43.2 Å². The van der Waals surface area contributed by atoms with Crippen LogP contribution in [0.1, 0.15) is 41.3 Å². The summed E-state index contributed by atoms with van der Waals surface area (Å²) in [6.45, 7) is 6.21. The van der Waals surface area contributed by atoms with E-state index in [1.54, 1.807) is 11.8 Å². The van der Waals surface area contributed by atoms with E-state index in [2.05, 4.69) is 53.0 Å². The highest BCUT2D eigenvalue weighted by atomic mass is 32.2. The summed E-state index contributed by atoms with van der Waals surface area (Å²) >= 11 is 1.68. The second kappa shape index (κ2) is 7.67. The molecule has 2 aromatic heterocycles. The van der Waals surface area contributed by atoms with Crippen molar-refractivity contribution in [2.45, 2.75) is 49.1 Å². The third-order valence-electron chi connectivity index (χ3n) is 6.91. The van der Waals surface area contributed by atoms with E-state index in [-0.39, 0.29) is 11.5 Å². The van der Waals surface area contributed by atoms with Crippen LogP contribution in [0.4, 0.5) is 5.82 Å². The van der Waals surface area contributed by atoms with E-state index >= 15 is 0 Å². The molecule has 1 aliphatic heterocycles. The number of hydrogen-bond donors (Lipinski definition) is 1. The van der Waals surface area contributed by atoms with Gasteiger partial charge in [0.2, 0.25) is 0 Å². The number of hydrogen-bond acceptors (Lipinski definition) is 6. The zero-order valence-corrected chi connectivity index (χ0v) is 18.3. The van der Waals surface area contributed by atoms with Crippen molar-refractivity contribution in [1.82, 2.24) is 15.0 Å². The molecule has 0 radical (unpaired) electrons. The van der Waals surface area contributed by atoms with Crippen LogP contribution in [0.5, 0.6) is 0 Å². The minimum atomic E-state index is 0.0887. The van der Waals surface area contributed by atoms with Crippen molar-refractivity contribution in [3.8, 4) is 0 Å². The van der Waals surface area contributed by atoms with E-state index < -0.39 is 0 Å². The first-order valence-corrected chi connectivity index (χ1v) is 11.4. The molecule has 154 valence electrons. The summed E-state index contributed by atoms with van der Waals surface area (Å²) in [5.41, 5.74) is 11.8. The van der Waals surface area contributed by atoms with Gasteiger partial charge in [0.15, 0.2) is 0 Å². The summed E-state index contributed by atoms with van der Waals surface area (Å²) in [6, 6.07) is 10.6. The number of nitrogens with two attached hydrogens (primary N) is 1. The lowest BCUT2D eigenvalue weighted by atomic mass is 9.73. The molecule has 1 aromatic carbocycles. The maximum absolute atomic E-state index is 6.67. The molecular weight excluding hydrogens is 390 g/mol. The third-order valence-corrected chi connectivity index (χ3v) is 7.99. The fourth-order valence-electron chi connectivity index (χ4n) is 4.80. The number of pyridine rings is 1. The number of benzene rings is 1. The second-order valence-corrected chi connectivity index (χ2v) is 9.62. The van der Waals surface area contributed by atoms with Gasteiger partial charge >= 0.3 is 0 Å². The molecule has 1 fully saturated rings. The molecule has 5 nitrogen and oxygen atoms in total. The van der Waals surface area contributed by atoms with Gasteiger partial charge in [-0.1, -0.05) is 30.0 Å². The normalized spacial score (nSPS) is 19.8. The summed E-state index contributed by atoms with van der Waals surface area (Å²) in [5.74, 6) is 0.956. The van der Waals surface area contributed by atoms with Gasteiger partial charge < -0.3 is 10.6 Å². The molecule has 0 amide bonds. The lowest BCUT2D eigenvalue weighted by molar-refractivity contribution is 0.186. The molecule has 0 bridgehead atoms. The van der Waals surface area contributed by atoms with Crippen LogP contribution in [0.15, 0.2) is 58.8 Å². The van der Waals surface area contributed by atoms with Crippen LogP contribution < -0.4 is 10.6 Å². The number of rotatable bonds is 3. The predicted molar refractivity (Wildman–Crippen MR) is 121 cm³/mol. The summed E-state index contributed by atoms with van der Waals surface area (Å²) < 4.78 is 0. The molecule has 3 heterocycles. The van der Waals surface area contributed by atoms with E-state index in [0.29, 0.717) is 0 Å². The fourth-order valence-corrected chi connectivity index (χ4v) is 5.69. The number of aromatic nitrogens is 3. The Kier molecular flexibility index (Phi) is 4.99. The van der Waals surface area contributed by atoms with Gasteiger partial charge in [-0.05, 0) is 67.3 Å². The van der Waals surface area contributed by atoms with Gasteiger partial charge in [0.1, 0.15) is 10.8 Å². The molecule has 30 heavy (non-hydrogen) atoms. The molecule has 6 heteroatoms. The molecule has 1 spiro atoms. The fraction of sp³-hybridized carbons (Fsp3) is 0.375. The van der Waals surface area contributed by atoms with E-state index in [4.69, 9.17) is 10.7 Å². The number of anilines is 1. The van der Waals surface area contributed by atoms with Gasteiger partial charge in [0.25, 0.3) is 0 Å². The quantitative estimate of drug-likeness (QED) is 0.678. The monoisotopic (exact) mass is 417 g/mol. The molecule has 2 aliphatic rings. The first-order valence-electron chi connectivity index (χ1n) is 10.6. The highest BCUT2D eigenvalue weighted by molar-refractivity contribution is 7.99. The van der Waals surface area contributed by atoms with Crippen LogP contribution in [-0.2, 0) is 6.42 Å². The van der Waals surface area contributed by atoms with Gasteiger partial charge in [0.05, 0.1) is 12.4 Å². The summed E-state index contributed by atoms with van der Waals surface area (Å²) in [4.78, 5) is 17.6. The average molecular weight is 418 g/mol. The standard InChI is InChI=1S/C24H27N5S/c1-16-5-3-7-20(17(16)2)30-22-15-27-21(14-28-22)29-11-8-24(9-12-29)13-19-18(23(24)25)6-4-10-26-19/h3-7,10,14-15,23H,8-9,11-13,25H2,1-2H3/t23-/m1/s1. The highest BCUT2D eigenvalue weighted by Crippen LogP contribution is 2.50. The van der Waals surface area contributed by atoms with Crippen molar-refractivity contribution in [2.75, 3.05) is 18.0 Å². The van der Waals surface area contributed by atoms with Gasteiger partial charge in [0, 0.05) is 35.9 Å². The molecule has 2 N–H and O–H groups in total. The van der Waals surface area contributed by atoms with E-state index in [9.17, 15) is 0 Å². The van der Waals surface area contributed by atoms with Crippen molar-refractivity contribution in [2.24, 2.45) is 11.1 Å². The minimum absolute atomic E-state index is 0.0887. The van der Waals surface area contributed by atoms with Gasteiger partial charge in [-0.3, -0.25) is 4.98 Å². The molecule has 5 rings (SSSR count). The Balaban J connectivity index is 1.26. The van der Waals surface area contributed by atoms with Crippen molar-refractivity contribution in [3.05, 3.63) is 71.3 Å². The van der Waals surface area contributed by atoms with E-state index in [1.165, 1.54) is 27.3 Å². The number of piperidine rings is 1. The Morgan fingerprint density at radius 3 is 2.60 bits per heavy atom. The zero-order valence-electron chi connectivity index (χ0n) is 17.5. The van der Waals surface area contributed by atoms with Crippen LogP contribution in [0.2, 0.25) is 0 Å². The van der Waals surface area contributed by atoms with Crippen molar-refractivity contribution < 1.29 is 0 Å². The molecule has 0 saturated carbocycles. The van der Waals surface area contributed by atoms with Gasteiger partial charge in [-0.2, -0.15) is 0 Å². The minimum Gasteiger partial charge on any atom is -0.355 e. The number of aryl methyl sites for hydroxylation is 1. The topological polar surface area (TPSA) is 67.9 Å². The van der Waals surface area contributed by atoms with Crippen LogP contribution in [0.25, 0.3) is 0 Å². The third kappa shape index (κ3) is 3.38. The predicted octanol–water partition coefficient (Wildman–Crippen LogP) is 4.48. The smallest absolute Gasteiger partial charge is 0.147 e. The Hall–Kier alpha value is -2.44. The van der Waals surface area contributed by atoms with Crippen molar-refractivity contribution >= 4 is 17.6 Å². The molecule has 1 atom stereocenters. The van der Waals surface area contributed by atoms with Crippen LogP contribution in [-0.4, -0.2) is 28.0 Å². The lowest BCUT2D eigenvalue weighted by Crippen LogP contribution is -2.44. The SMILES string of the molecule is Cc1cccc(Sc2cnc(N3CCC4(CC3)Cc3ncccc3[C@H]4N)cn2)c1C. The Bertz CT molecular complexity index is 1060. The summed E-state index contributed by atoms with van der Waals surface area (Å²) in [6.07, 6.45) is 8.81. The highest BCUT2D eigenvalue weighted by Gasteiger charge is 2.46. The Labute approximate surface area is 182 Å². The largest absolute Gasteiger partial charge is 0.355 e. The number of fused-ring (bicyclic) bond motifs is 1. The van der Waals surface area contributed by atoms with E-state index in [1.807, 2.05) is 24.7 Å². The van der Waals surface area contributed by atoms with Crippen molar-refractivity contribution in [3.63, 3.8) is 0 Å². The van der Waals surface area contributed by atoms with Crippen LogP contribution in [0.3, 0.4) is 0 Å². The number of nitrogens with zero attached hydrogens (tertiary/aromatic N) is 4. The zero-order chi connectivity index (χ0) is 20.7. The molecule has 1 aliphatic carbocycles. The lowest BCUT2D eigenvalue weighted by Gasteiger charge is -2.42. The van der Waals surface area contributed by atoms with Crippen LogP contribution >= 0.6 is 11.8 Å². The maximum Gasteiger partial charge on any atom is 0.147 e. The second-order valence-electron chi connectivity index (χ2n) is 8.56. The molecular formula is C24H27N5S. The Morgan fingerprint density at radius 2 is 1.87 bits per heavy atom.